The Bertz CT molecular complexity index is 708. The summed E-state index contributed by atoms with van der Waals surface area (Å²) in [6, 6.07) is 9.82. The quantitative estimate of drug-likeness (QED) is 0.794. The van der Waals surface area contributed by atoms with Crippen LogP contribution in [0, 0.1) is 6.92 Å². The molecule has 19 heavy (non-hydrogen) atoms. The van der Waals surface area contributed by atoms with Gasteiger partial charge in [0.25, 0.3) is 0 Å². The molecule has 1 aromatic carbocycles. The van der Waals surface area contributed by atoms with Gasteiger partial charge in [0, 0.05) is 23.4 Å². The molecule has 0 saturated carbocycles. The second-order valence-corrected chi connectivity index (χ2v) is 5.60. The first-order valence-corrected chi connectivity index (χ1v) is 7.04. The summed E-state index contributed by atoms with van der Waals surface area (Å²) in [5, 5.41) is 14.4. The van der Waals surface area contributed by atoms with Gasteiger partial charge in [-0.1, -0.05) is 18.2 Å². The van der Waals surface area contributed by atoms with E-state index in [1.807, 2.05) is 42.6 Å². The van der Waals surface area contributed by atoms with E-state index < -0.39 is 6.10 Å². The Morgan fingerprint density at radius 1 is 1.32 bits per heavy atom. The van der Waals surface area contributed by atoms with Crippen LogP contribution < -0.4 is 0 Å². The van der Waals surface area contributed by atoms with Crippen LogP contribution in [0.1, 0.15) is 22.4 Å². The van der Waals surface area contributed by atoms with Gasteiger partial charge in [-0.2, -0.15) is 0 Å². The van der Waals surface area contributed by atoms with E-state index in [4.69, 9.17) is 0 Å². The van der Waals surface area contributed by atoms with Crippen molar-refractivity contribution in [1.82, 2.24) is 9.97 Å². The van der Waals surface area contributed by atoms with E-state index in [2.05, 4.69) is 9.97 Å². The minimum absolute atomic E-state index is 0.534. The van der Waals surface area contributed by atoms with E-state index in [1.54, 1.807) is 17.5 Å². The number of aliphatic hydroxyl groups is 1. The molecule has 96 valence electrons. The zero-order valence-electron chi connectivity index (χ0n) is 10.6. The number of hydrogen-bond acceptors (Lipinski definition) is 4. The number of benzene rings is 1. The SMILES string of the molecule is Cc1nc(CC(O)c2ccc3cccnc3c2)cs1. The van der Waals surface area contributed by atoms with E-state index in [9.17, 15) is 5.11 Å². The maximum absolute atomic E-state index is 10.3. The lowest BCUT2D eigenvalue weighted by Crippen LogP contribution is -2.02. The molecule has 3 nitrogen and oxygen atoms in total. The van der Waals surface area contributed by atoms with Gasteiger partial charge in [0.05, 0.1) is 22.3 Å². The normalized spacial score (nSPS) is 12.7. The summed E-state index contributed by atoms with van der Waals surface area (Å²) in [6.07, 6.45) is 1.78. The zero-order chi connectivity index (χ0) is 13.2. The van der Waals surface area contributed by atoms with Crippen molar-refractivity contribution >= 4 is 22.2 Å². The summed E-state index contributed by atoms with van der Waals surface area (Å²) in [4.78, 5) is 8.69. The summed E-state index contributed by atoms with van der Waals surface area (Å²) in [6.45, 7) is 1.97. The van der Waals surface area contributed by atoms with Crippen LogP contribution in [0.2, 0.25) is 0 Å². The van der Waals surface area contributed by atoms with E-state index in [0.29, 0.717) is 6.42 Å². The Hall–Kier alpha value is -1.78. The number of pyridine rings is 1. The Kier molecular flexibility index (Phi) is 3.27. The molecule has 0 aliphatic carbocycles. The number of thiazole rings is 1. The molecule has 3 rings (SSSR count). The number of aryl methyl sites for hydroxylation is 1. The molecule has 0 saturated heterocycles. The molecule has 0 bridgehead atoms. The summed E-state index contributed by atoms with van der Waals surface area (Å²) in [7, 11) is 0. The average Bonchev–Trinajstić information content (AvgIpc) is 2.83. The minimum Gasteiger partial charge on any atom is -0.388 e. The molecule has 1 N–H and O–H groups in total. The number of hydrogen-bond donors (Lipinski definition) is 1. The lowest BCUT2D eigenvalue weighted by molar-refractivity contribution is 0.177. The first kappa shape index (κ1) is 12.3. The predicted molar refractivity (Wildman–Crippen MR) is 77.3 cm³/mol. The van der Waals surface area contributed by atoms with Gasteiger partial charge in [-0.3, -0.25) is 4.98 Å². The van der Waals surface area contributed by atoms with E-state index in [0.717, 1.165) is 27.2 Å². The first-order chi connectivity index (χ1) is 9.22. The third-order valence-corrected chi connectivity index (χ3v) is 3.91. The molecule has 4 heteroatoms. The number of fused-ring (bicyclic) bond motifs is 1. The zero-order valence-corrected chi connectivity index (χ0v) is 11.4. The second kappa shape index (κ2) is 5.07. The van der Waals surface area contributed by atoms with Crippen molar-refractivity contribution in [2.24, 2.45) is 0 Å². The van der Waals surface area contributed by atoms with Gasteiger partial charge in [-0.25, -0.2) is 4.98 Å². The van der Waals surface area contributed by atoms with Crippen LogP contribution in [0.4, 0.5) is 0 Å². The molecule has 0 radical (unpaired) electrons. The van der Waals surface area contributed by atoms with Crippen molar-refractivity contribution in [3.8, 4) is 0 Å². The monoisotopic (exact) mass is 270 g/mol. The van der Waals surface area contributed by atoms with Crippen LogP contribution in [-0.2, 0) is 6.42 Å². The van der Waals surface area contributed by atoms with Gasteiger partial charge < -0.3 is 5.11 Å². The largest absolute Gasteiger partial charge is 0.388 e. The van der Waals surface area contributed by atoms with Crippen molar-refractivity contribution in [2.45, 2.75) is 19.4 Å². The fourth-order valence-electron chi connectivity index (χ4n) is 2.11. The molecule has 0 aliphatic heterocycles. The highest BCUT2D eigenvalue weighted by Crippen LogP contribution is 2.22. The van der Waals surface area contributed by atoms with Crippen LogP contribution in [0.5, 0.6) is 0 Å². The van der Waals surface area contributed by atoms with Crippen LogP contribution in [-0.4, -0.2) is 15.1 Å². The lowest BCUT2D eigenvalue weighted by Gasteiger charge is -2.10. The van der Waals surface area contributed by atoms with Crippen molar-refractivity contribution in [3.63, 3.8) is 0 Å². The molecule has 0 amide bonds. The predicted octanol–water partition coefficient (Wildman–Crippen LogP) is 3.28. The Labute approximate surface area is 115 Å². The van der Waals surface area contributed by atoms with Gasteiger partial charge in [0.15, 0.2) is 0 Å². The smallest absolute Gasteiger partial charge is 0.0897 e. The number of aliphatic hydroxyl groups excluding tert-OH is 1. The van der Waals surface area contributed by atoms with Gasteiger partial charge >= 0.3 is 0 Å². The molecular weight excluding hydrogens is 256 g/mol. The molecule has 3 aromatic rings. The second-order valence-electron chi connectivity index (χ2n) is 4.53. The molecule has 0 fully saturated rings. The highest BCUT2D eigenvalue weighted by Gasteiger charge is 2.11. The Balaban J connectivity index is 1.86. The van der Waals surface area contributed by atoms with Crippen LogP contribution in [0.25, 0.3) is 10.9 Å². The Morgan fingerprint density at radius 2 is 2.21 bits per heavy atom. The summed E-state index contributed by atoms with van der Waals surface area (Å²) >= 11 is 1.61. The fourth-order valence-corrected chi connectivity index (χ4v) is 2.73. The lowest BCUT2D eigenvalue weighted by atomic mass is 10.0. The molecule has 0 aliphatic rings. The van der Waals surface area contributed by atoms with Crippen LogP contribution >= 0.6 is 11.3 Å². The van der Waals surface area contributed by atoms with Crippen molar-refractivity contribution in [2.75, 3.05) is 0 Å². The van der Waals surface area contributed by atoms with Crippen molar-refractivity contribution < 1.29 is 5.11 Å². The van der Waals surface area contributed by atoms with E-state index in [-0.39, 0.29) is 0 Å². The number of rotatable bonds is 3. The molecule has 1 atom stereocenters. The topological polar surface area (TPSA) is 46.0 Å². The van der Waals surface area contributed by atoms with Crippen molar-refractivity contribution in [3.05, 3.63) is 58.2 Å². The van der Waals surface area contributed by atoms with Crippen molar-refractivity contribution in [1.29, 1.82) is 0 Å². The molecule has 2 aromatic heterocycles. The van der Waals surface area contributed by atoms with Crippen LogP contribution in [0.15, 0.2) is 41.9 Å². The van der Waals surface area contributed by atoms with Crippen LogP contribution in [0.3, 0.4) is 0 Å². The van der Waals surface area contributed by atoms with E-state index >= 15 is 0 Å². The molecule has 2 heterocycles. The van der Waals surface area contributed by atoms with Gasteiger partial charge in [-0.15, -0.1) is 11.3 Å². The molecular formula is C15H14N2OS. The third-order valence-electron chi connectivity index (χ3n) is 3.08. The minimum atomic E-state index is -0.534. The first-order valence-electron chi connectivity index (χ1n) is 6.16. The number of aromatic nitrogens is 2. The third kappa shape index (κ3) is 2.64. The van der Waals surface area contributed by atoms with E-state index in [1.165, 1.54) is 0 Å². The summed E-state index contributed by atoms with van der Waals surface area (Å²) in [5.41, 5.74) is 2.74. The molecule has 1 unspecified atom stereocenters. The Morgan fingerprint density at radius 3 is 3.00 bits per heavy atom. The average molecular weight is 270 g/mol. The highest BCUT2D eigenvalue weighted by molar-refractivity contribution is 7.09. The fraction of sp³-hybridized carbons (Fsp3) is 0.200. The summed E-state index contributed by atoms with van der Waals surface area (Å²) in [5.74, 6) is 0. The number of nitrogens with zero attached hydrogens (tertiary/aromatic N) is 2. The maximum atomic E-state index is 10.3. The molecule has 0 spiro atoms. The van der Waals surface area contributed by atoms with Gasteiger partial charge in [0.1, 0.15) is 0 Å². The maximum Gasteiger partial charge on any atom is 0.0897 e. The van der Waals surface area contributed by atoms with Gasteiger partial charge in [0.2, 0.25) is 0 Å². The standard InChI is InChI=1S/C15H14N2OS/c1-10-17-13(9-19-10)8-15(18)12-5-4-11-3-2-6-16-14(11)7-12/h2-7,9,15,18H,8H2,1H3. The highest BCUT2D eigenvalue weighted by atomic mass is 32.1. The van der Waals surface area contributed by atoms with Gasteiger partial charge in [-0.05, 0) is 24.6 Å². The summed E-state index contributed by atoms with van der Waals surface area (Å²) < 4.78 is 0.